The summed E-state index contributed by atoms with van der Waals surface area (Å²) in [5.41, 5.74) is 0.853. The maximum Gasteiger partial charge on any atom is 0.317 e. The third-order valence-corrected chi connectivity index (χ3v) is 3.86. The van der Waals surface area contributed by atoms with Crippen molar-refractivity contribution in [2.24, 2.45) is 7.05 Å². The molecule has 1 aliphatic rings. The molecule has 3 heterocycles. The van der Waals surface area contributed by atoms with Gasteiger partial charge in [-0.05, 0) is 6.92 Å². The molecule has 23 heavy (non-hydrogen) atoms. The first-order valence-corrected chi connectivity index (χ1v) is 7.67. The molecule has 0 spiro atoms. The lowest BCUT2D eigenvalue weighted by Crippen LogP contribution is -2.52. The Balaban J connectivity index is 1.42. The van der Waals surface area contributed by atoms with Crippen LogP contribution in [0.2, 0.25) is 0 Å². The fourth-order valence-corrected chi connectivity index (χ4v) is 2.61. The molecule has 1 N–H and O–H groups in total. The fraction of sp³-hybridized carbons (Fsp3) is 0.571. The summed E-state index contributed by atoms with van der Waals surface area (Å²) in [4.78, 5) is 16.1. The van der Waals surface area contributed by atoms with E-state index in [4.69, 9.17) is 4.52 Å². The highest BCUT2D eigenvalue weighted by Gasteiger charge is 2.23. The first kappa shape index (κ1) is 15.3. The third-order valence-electron chi connectivity index (χ3n) is 3.86. The van der Waals surface area contributed by atoms with Gasteiger partial charge in [-0.15, -0.1) is 10.2 Å². The van der Waals surface area contributed by atoms with E-state index in [1.165, 1.54) is 0 Å². The van der Waals surface area contributed by atoms with Crippen LogP contribution in [0.1, 0.15) is 11.5 Å². The number of rotatable bonds is 4. The zero-order chi connectivity index (χ0) is 16.2. The van der Waals surface area contributed by atoms with E-state index in [0.29, 0.717) is 26.1 Å². The Kier molecular flexibility index (Phi) is 4.45. The molecule has 0 unspecified atom stereocenters. The molecule has 0 atom stereocenters. The highest BCUT2D eigenvalue weighted by atomic mass is 16.5. The van der Waals surface area contributed by atoms with Crippen molar-refractivity contribution in [1.29, 1.82) is 0 Å². The number of piperazine rings is 1. The van der Waals surface area contributed by atoms with Gasteiger partial charge in [-0.2, -0.15) is 0 Å². The van der Waals surface area contributed by atoms with Crippen LogP contribution >= 0.6 is 0 Å². The van der Waals surface area contributed by atoms with Crippen LogP contribution in [0.5, 0.6) is 0 Å². The molecule has 0 aliphatic carbocycles. The number of nitrogens with zero attached hydrogens (tertiary/aromatic N) is 6. The minimum absolute atomic E-state index is 0.0427. The standard InChI is InChI=1S/C14H21N7O2/c1-11-9-12(23-18-11)3-4-15-14(22)21-7-5-20(6-8-21)13-17-16-10-19(13)2/h9-10H,3-8H2,1-2H3,(H,15,22). The number of hydrogen-bond acceptors (Lipinski definition) is 6. The van der Waals surface area contributed by atoms with Crippen LogP contribution in [0.4, 0.5) is 10.7 Å². The van der Waals surface area contributed by atoms with E-state index in [-0.39, 0.29) is 6.03 Å². The highest BCUT2D eigenvalue weighted by Crippen LogP contribution is 2.11. The fourth-order valence-electron chi connectivity index (χ4n) is 2.61. The number of carbonyl (C=O) groups excluding carboxylic acids is 1. The quantitative estimate of drug-likeness (QED) is 0.864. The van der Waals surface area contributed by atoms with Gasteiger partial charge >= 0.3 is 6.03 Å². The van der Waals surface area contributed by atoms with Crippen molar-refractivity contribution in [2.45, 2.75) is 13.3 Å². The van der Waals surface area contributed by atoms with Crippen LogP contribution in [0.25, 0.3) is 0 Å². The second-order valence-electron chi connectivity index (χ2n) is 5.63. The van der Waals surface area contributed by atoms with Gasteiger partial charge in [-0.25, -0.2) is 4.79 Å². The molecule has 2 aromatic rings. The van der Waals surface area contributed by atoms with Crippen LogP contribution in [0.3, 0.4) is 0 Å². The molecule has 124 valence electrons. The molecular weight excluding hydrogens is 298 g/mol. The van der Waals surface area contributed by atoms with Crippen LogP contribution in [0.15, 0.2) is 16.9 Å². The predicted octanol–water partition coefficient (Wildman–Crippen LogP) is 0.186. The number of aryl methyl sites for hydroxylation is 2. The predicted molar refractivity (Wildman–Crippen MR) is 83.1 cm³/mol. The Hall–Kier alpha value is -2.58. The zero-order valence-corrected chi connectivity index (χ0v) is 13.4. The molecule has 0 aromatic carbocycles. The van der Waals surface area contributed by atoms with Gasteiger partial charge in [0.05, 0.1) is 5.69 Å². The van der Waals surface area contributed by atoms with E-state index in [1.54, 1.807) is 6.33 Å². The highest BCUT2D eigenvalue weighted by molar-refractivity contribution is 5.74. The van der Waals surface area contributed by atoms with Crippen molar-refractivity contribution in [3.63, 3.8) is 0 Å². The van der Waals surface area contributed by atoms with E-state index in [0.717, 1.165) is 30.5 Å². The number of aromatic nitrogens is 4. The zero-order valence-electron chi connectivity index (χ0n) is 13.4. The Morgan fingerprint density at radius 2 is 2.13 bits per heavy atom. The average Bonchev–Trinajstić information content (AvgIpc) is 3.16. The molecule has 2 amide bonds. The van der Waals surface area contributed by atoms with Crippen molar-refractivity contribution in [3.05, 3.63) is 23.8 Å². The second kappa shape index (κ2) is 6.67. The van der Waals surface area contributed by atoms with Crippen LogP contribution < -0.4 is 10.2 Å². The van der Waals surface area contributed by atoms with E-state index < -0.39 is 0 Å². The lowest BCUT2D eigenvalue weighted by Gasteiger charge is -2.34. The van der Waals surface area contributed by atoms with Gasteiger partial charge in [0.2, 0.25) is 5.95 Å². The number of hydrogen-bond donors (Lipinski definition) is 1. The summed E-state index contributed by atoms with van der Waals surface area (Å²) in [5.74, 6) is 1.63. The van der Waals surface area contributed by atoms with Crippen molar-refractivity contribution in [3.8, 4) is 0 Å². The van der Waals surface area contributed by atoms with E-state index in [2.05, 4.69) is 25.6 Å². The Morgan fingerprint density at radius 1 is 1.35 bits per heavy atom. The van der Waals surface area contributed by atoms with Crippen molar-refractivity contribution >= 4 is 12.0 Å². The molecular formula is C14H21N7O2. The molecule has 0 radical (unpaired) electrons. The second-order valence-corrected chi connectivity index (χ2v) is 5.63. The van der Waals surface area contributed by atoms with Crippen molar-refractivity contribution in [1.82, 2.24) is 30.1 Å². The van der Waals surface area contributed by atoms with Gasteiger partial charge in [0.25, 0.3) is 0 Å². The Labute approximate surface area is 134 Å². The lowest BCUT2D eigenvalue weighted by molar-refractivity contribution is 0.194. The maximum atomic E-state index is 12.2. The summed E-state index contributed by atoms with van der Waals surface area (Å²) >= 11 is 0. The summed E-state index contributed by atoms with van der Waals surface area (Å²) in [7, 11) is 1.92. The number of anilines is 1. The molecule has 1 aliphatic heterocycles. The smallest absolute Gasteiger partial charge is 0.317 e. The van der Waals surface area contributed by atoms with E-state index in [1.807, 2.05) is 29.5 Å². The minimum atomic E-state index is -0.0427. The SMILES string of the molecule is Cc1cc(CCNC(=O)N2CCN(c3nncn3C)CC2)on1. The van der Waals surface area contributed by atoms with Crippen molar-refractivity contribution < 1.29 is 9.32 Å². The maximum absolute atomic E-state index is 12.2. The summed E-state index contributed by atoms with van der Waals surface area (Å²) < 4.78 is 7.01. The molecule has 3 rings (SSSR count). The molecule has 9 nitrogen and oxygen atoms in total. The monoisotopic (exact) mass is 319 g/mol. The van der Waals surface area contributed by atoms with Crippen molar-refractivity contribution in [2.75, 3.05) is 37.6 Å². The molecule has 2 aromatic heterocycles. The molecule has 1 saturated heterocycles. The van der Waals surface area contributed by atoms with Gasteiger partial charge in [0.1, 0.15) is 12.1 Å². The summed E-state index contributed by atoms with van der Waals surface area (Å²) in [6.07, 6.45) is 2.32. The number of amides is 2. The van der Waals surface area contributed by atoms with Crippen LogP contribution in [0, 0.1) is 6.92 Å². The number of nitrogens with one attached hydrogen (secondary N) is 1. The number of carbonyl (C=O) groups is 1. The van der Waals surface area contributed by atoms with Gasteiger partial charge in [-0.1, -0.05) is 5.16 Å². The molecule has 0 bridgehead atoms. The lowest BCUT2D eigenvalue weighted by atomic mass is 10.3. The Morgan fingerprint density at radius 3 is 2.74 bits per heavy atom. The average molecular weight is 319 g/mol. The van der Waals surface area contributed by atoms with Crippen LogP contribution in [-0.4, -0.2) is 63.6 Å². The summed E-state index contributed by atoms with van der Waals surface area (Å²) in [6, 6.07) is 1.84. The largest absolute Gasteiger partial charge is 0.361 e. The van der Waals surface area contributed by atoms with Gasteiger partial charge in [-0.3, -0.25) is 0 Å². The van der Waals surface area contributed by atoms with Crippen LogP contribution in [-0.2, 0) is 13.5 Å². The first-order valence-electron chi connectivity index (χ1n) is 7.67. The summed E-state index contributed by atoms with van der Waals surface area (Å²) in [5, 5.41) is 14.7. The first-order chi connectivity index (χ1) is 11.1. The topological polar surface area (TPSA) is 92.3 Å². The van der Waals surface area contributed by atoms with Gasteiger partial charge in [0.15, 0.2) is 0 Å². The third kappa shape index (κ3) is 3.61. The number of urea groups is 1. The molecule has 0 saturated carbocycles. The van der Waals surface area contributed by atoms with Gasteiger partial charge < -0.3 is 24.2 Å². The molecule has 9 heteroatoms. The minimum Gasteiger partial charge on any atom is -0.361 e. The Bertz CT molecular complexity index is 658. The van der Waals surface area contributed by atoms with E-state index in [9.17, 15) is 4.79 Å². The van der Waals surface area contributed by atoms with E-state index >= 15 is 0 Å². The van der Waals surface area contributed by atoms with Gasteiger partial charge in [0, 0.05) is 52.3 Å². The molecule has 1 fully saturated rings. The summed E-state index contributed by atoms with van der Waals surface area (Å²) in [6.45, 7) is 5.25. The normalized spacial score (nSPS) is 15.0.